The van der Waals surface area contributed by atoms with Crippen molar-refractivity contribution in [2.75, 3.05) is 13.1 Å². The van der Waals surface area contributed by atoms with Crippen molar-refractivity contribution in [3.05, 3.63) is 54.1 Å². The molecule has 2 N–H and O–H groups in total. The zero-order chi connectivity index (χ0) is 16.4. The molecule has 1 aliphatic rings. The van der Waals surface area contributed by atoms with Gasteiger partial charge in [0.2, 0.25) is 0 Å². The first-order valence-electron chi connectivity index (χ1n) is 8.47. The van der Waals surface area contributed by atoms with Gasteiger partial charge in [-0.25, -0.2) is 9.97 Å². The molecule has 0 bridgehead atoms. The molecule has 24 heavy (non-hydrogen) atoms. The van der Waals surface area contributed by atoms with Crippen molar-refractivity contribution in [1.29, 1.82) is 0 Å². The van der Waals surface area contributed by atoms with Crippen LogP contribution in [0, 0.1) is 6.92 Å². The summed E-state index contributed by atoms with van der Waals surface area (Å²) in [5.74, 6) is 1.27. The predicted octanol–water partition coefficient (Wildman–Crippen LogP) is 3.31. The van der Waals surface area contributed by atoms with Crippen LogP contribution >= 0.6 is 0 Å². The normalized spacial score (nSPS) is 15.5. The summed E-state index contributed by atoms with van der Waals surface area (Å²) in [6.45, 7) is 4.02. The van der Waals surface area contributed by atoms with Gasteiger partial charge in [0, 0.05) is 28.9 Å². The number of nitrogens with zero attached hydrogens (tertiary/aromatic N) is 3. The van der Waals surface area contributed by atoms with Gasteiger partial charge in [-0.05, 0) is 38.9 Å². The first-order chi connectivity index (χ1) is 11.8. The third-order valence-corrected chi connectivity index (χ3v) is 4.62. The maximum Gasteiger partial charge on any atom is 0.125 e. The van der Waals surface area contributed by atoms with Gasteiger partial charge in [-0.3, -0.25) is 5.10 Å². The number of rotatable bonds is 3. The minimum Gasteiger partial charge on any atom is -0.317 e. The number of benzene rings is 1. The monoisotopic (exact) mass is 319 g/mol. The molecule has 3 aromatic rings. The van der Waals surface area contributed by atoms with E-state index < -0.39 is 0 Å². The number of H-pyrrole nitrogens is 1. The van der Waals surface area contributed by atoms with E-state index in [0.717, 1.165) is 54.3 Å². The van der Waals surface area contributed by atoms with Crippen molar-refractivity contribution in [3.63, 3.8) is 0 Å². The molecule has 1 aliphatic heterocycles. The third kappa shape index (κ3) is 2.83. The molecule has 1 aromatic carbocycles. The number of hydrogen-bond donors (Lipinski definition) is 2. The van der Waals surface area contributed by atoms with E-state index in [1.54, 1.807) is 0 Å². The fourth-order valence-corrected chi connectivity index (χ4v) is 3.42. The summed E-state index contributed by atoms with van der Waals surface area (Å²) in [7, 11) is 0. The Balaban J connectivity index is 1.87. The van der Waals surface area contributed by atoms with Crippen LogP contribution in [0.1, 0.15) is 30.3 Å². The van der Waals surface area contributed by atoms with E-state index in [9.17, 15) is 0 Å². The summed E-state index contributed by atoms with van der Waals surface area (Å²) in [6.07, 6.45) is 4.06. The smallest absolute Gasteiger partial charge is 0.125 e. The number of hydrogen-bond acceptors (Lipinski definition) is 4. The van der Waals surface area contributed by atoms with Crippen LogP contribution in [-0.2, 0) is 0 Å². The van der Waals surface area contributed by atoms with Crippen molar-refractivity contribution in [1.82, 2.24) is 25.5 Å². The van der Waals surface area contributed by atoms with Crippen molar-refractivity contribution in [2.45, 2.75) is 25.7 Å². The highest BCUT2D eigenvalue weighted by Gasteiger charge is 2.25. The Kier molecular flexibility index (Phi) is 4.09. The van der Waals surface area contributed by atoms with Crippen LogP contribution in [0.4, 0.5) is 0 Å². The average molecular weight is 319 g/mol. The Labute approximate surface area is 141 Å². The SMILES string of the molecule is Cc1nccc(-c2c(-c3ccccc3)n[nH]c2C2CCNCC2)n1. The quantitative estimate of drug-likeness (QED) is 0.777. The Morgan fingerprint density at radius 1 is 1.04 bits per heavy atom. The molecule has 0 spiro atoms. The molecule has 0 amide bonds. The van der Waals surface area contributed by atoms with Gasteiger partial charge in [0.1, 0.15) is 11.5 Å². The van der Waals surface area contributed by atoms with Gasteiger partial charge in [0.25, 0.3) is 0 Å². The molecule has 0 atom stereocenters. The second-order valence-electron chi connectivity index (χ2n) is 6.24. The van der Waals surface area contributed by atoms with Crippen LogP contribution < -0.4 is 5.32 Å². The molecule has 5 heteroatoms. The van der Waals surface area contributed by atoms with E-state index in [2.05, 4.69) is 37.6 Å². The molecule has 1 saturated heterocycles. The van der Waals surface area contributed by atoms with Gasteiger partial charge in [0.05, 0.1) is 5.69 Å². The van der Waals surface area contributed by atoms with Gasteiger partial charge in [-0.1, -0.05) is 30.3 Å². The van der Waals surface area contributed by atoms with E-state index in [4.69, 9.17) is 0 Å². The van der Waals surface area contributed by atoms with Gasteiger partial charge in [-0.2, -0.15) is 5.10 Å². The first kappa shape index (κ1) is 15.0. The zero-order valence-electron chi connectivity index (χ0n) is 13.8. The van der Waals surface area contributed by atoms with E-state index in [-0.39, 0.29) is 0 Å². The Morgan fingerprint density at radius 2 is 1.83 bits per heavy atom. The van der Waals surface area contributed by atoms with Crippen LogP contribution in [0.3, 0.4) is 0 Å². The lowest BCUT2D eigenvalue weighted by atomic mass is 9.89. The number of aromatic amines is 1. The summed E-state index contributed by atoms with van der Waals surface area (Å²) in [4.78, 5) is 8.91. The molecule has 0 radical (unpaired) electrons. The highest BCUT2D eigenvalue weighted by molar-refractivity contribution is 5.81. The molecule has 5 nitrogen and oxygen atoms in total. The van der Waals surface area contributed by atoms with Crippen LogP contribution in [0.15, 0.2) is 42.6 Å². The summed E-state index contributed by atoms with van der Waals surface area (Å²) >= 11 is 0. The lowest BCUT2D eigenvalue weighted by Crippen LogP contribution is -2.27. The van der Waals surface area contributed by atoms with Crippen molar-refractivity contribution >= 4 is 0 Å². The molecule has 122 valence electrons. The lowest BCUT2D eigenvalue weighted by Gasteiger charge is -2.22. The number of aryl methyl sites for hydroxylation is 1. The highest BCUT2D eigenvalue weighted by atomic mass is 15.1. The number of nitrogens with one attached hydrogen (secondary N) is 2. The predicted molar refractivity (Wildman–Crippen MR) is 94.6 cm³/mol. The molecule has 0 aliphatic carbocycles. The average Bonchev–Trinajstić information content (AvgIpc) is 3.08. The standard InChI is InChI=1S/C19H21N5/c1-13-21-12-9-16(22-13)17-18(14-5-3-2-4-6-14)23-24-19(17)15-7-10-20-11-8-15/h2-6,9,12,15,20H,7-8,10-11H2,1H3,(H,23,24). The van der Waals surface area contributed by atoms with Gasteiger partial charge in [-0.15, -0.1) is 0 Å². The molecular weight excluding hydrogens is 298 g/mol. The van der Waals surface area contributed by atoms with Crippen LogP contribution in [0.25, 0.3) is 22.5 Å². The fraction of sp³-hybridized carbons (Fsp3) is 0.316. The Hall–Kier alpha value is -2.53. The topological polar surface area (TPSA) is 66.5 Å². The lowest BCUT2D eigenvalue weighted by molar-refractivity contribution is 0.453. The molecule has 3 heterocycles. The van der Waals surface area contributed by atoms with Gasteiger partial charge >= 0.3 is 0 Å². The van der Waals surface area contributed by atoms with Crippen LogP contribution in [0.5, 0.6) is 0 Å². The van der Waals surface area contributed by atoms with Crippen molar-refractivity contribution in [3.8, 4) is 22.5 Å². The maximum atomic E-state index is 4.67. The second kappa shape index (κ2) is 6.53. The molecule has 4 rings (SSSR count). The fourth-order valence-electron chi connectivity index (χ4n) is 3.42. The zero-order valence-corrected chi connectivity index (χ0v) is 13.8. The largest absolute Gasteiger partial charge is 0.317 e. The number of aromatic nitrogens is 4. The van der Waals surface area contributed by atoms with E-state index in [1.807, 2.05) is 37.4 Å². The van der Waals surface area contributed by atoms with E-state index >= 15 is 0 Å². The second-order valence-corrected chi connectivity index (χ2v) is 6.24. The molecule has 1 fully saturated rings. The number of piperidine rings is 1. The third-order valence-electron chi connectivity index (χ3n) is 4.62. The summed E-state index contributed by atoms with van der Waals surface area (Å²) in [5, 5.41) is 11.4. The summed E-state index contributed by atoms with van der Waals surface area (Å²) < 4.78 is 0. The minimum atomic E-state index is 0.487. The van der Waals surface area contributed by atoms with Crippen molar-refractivity contribution < 1.29 is 0 Å². The first-order valence-corrected chi connectivity index (χ1v) is 8.47. The maximum absolute atomic E-state index is 4.67. The molecule has 0 unspecified atom stereocenters. The summed E-state index contributed by atoms with van der Waals surface area (Å²) in [5.41, 5.74) is 5.36. The molecule has 2 aromatic heterocycles. The minimum absolute atomic E-state index is 0.487. The van der Waals surface area contributed by atoms with Gasteiger partial charge < -0.3 is 5.32 Å². The van der Waals surface area contributed by atoms with E-state index in [0.29, 0.717) is 5.92 Å². The Bertz CT molecular complexity index is 819. The van der Waals surface area contributed by atoms with E-state index in [1.165, 1.54) is 5.69 Å². The van der Waals surface area contributed by atoms with Gasteiger partial charge in [0.15, 0.2) is 0 Å². The highest BCUT2D eigenvalue weighted by Crippen LogP contribution is 2.38. The molecule has 0 saturated carbocycles. The van der Waals surface area contributed by atoms with Crippen LogP contribution in [-0.4, -0.2) is 33.3 Å². The Morgan fingerprint density at radius 3 is 2.58 bits per heavy atom. The molecular formula is C19H21N5. The van der Waals surface area contributed by atoms with Crippen molar-refractivity contribution in [2.24, 2.45) is 0 Å². The van der Waals surface area contributed by atoms with Crippen LogP contribution in [0.2, 0.25) is 0 Å². The summed E-state index contributed by atoms with van der Waals surface area (Å²) in [6, 6.07) is 12.3.